The van der Waals surface area contributed by atoms with Gasteiger partial charge in [-0.15, -0.1) is 0 Å². The van der Waals surface area contributed by atoms with Gasteiger partial charge in [0, 0.05) is 0 Å². The van der Waals surface area contributed by atoms with Crippen molar-refractivity contribution in [1.82, 2.24) is 0 Å². The first-order chi connectivity index (χ1) is 4.47. The molecular formula is C6H5NOSe. The van der Waals surface area contributed by atoms with Crippen LogP contribution in [0.1, 0.15) is 0 Å². The molecule has 46 valence electrons. The second kappa shape index (κ2) is 2.03. The third-order valence-electron chi connectivity index (χ3n) is 1.17. The molecule has 1 aliphatic rings. The van der Waals surface area contributed by atoms with Gasteiger partial charge in [-0.1, -0.05) is 0 Å². The van der Waals surface area contributed by atoms with Gasteiger partial charge < -0.3 is 0 Å². The summed E-state index contributed by atoms with van der Waals surface area (Å²) >= 11 is 0.191. The summed E-state index contributed by atoms with van der Waals surface area (Å²) < 4.78 is 6.32. The SMILES string of the molecule is c1ccc2c(c1)NO[Se]2. The van der Waals surface area contributed by atoms with E-state index in [1.807, 2.05) is 18.2 Å². The van der Waals surface area contributed by atoms with Crippen molar-refractivity contribution in [3.05, 3.63) is 24.3 Å². The summed E-state index contributed by atoms with van der Waals surface area (Å²) in [4.78, 5) is 0. The van der Waals surface area contributed by atoms with Crippen LogP contribution in [0, 0.1) is 0 Å². The number of para-hydroxylation sites is 1. The van der Waals surface area contributed by atoms with Crippen molar-refractivity contribution in [2.24, 2.45) is 0 Å². The van der Waals surface area contributed by atoms with Crippen molar-refractivity contribution in [2.45, 2.75) is 0 Å². The second-order valence-corrected chi connectivity index (χ2v) is 3.39. The van der Waals surface area contributed by atoms with Crippen molar-refractivity contribution < 1.29 is 3.92 Å². The molecule has 0 radical (unpaired) electrons. The Hall–Kier alpha value is -0.501. The van der Waals surface area contributed by atoms with Crippen LogP contribution in [0.25, 0.3) is 0 Å². The molecular weight excluding hydrogens is 181 g/mol. The fourth-order valence-electron chi connectivity index (χ4n) is 0.734. The van der Waals surface area contributed by atoms with Crippen molar-refractivity contribution in [3.63, 3.8) is 0 Å². The fraction of sp³-hybridized carbons (Fsp3) is 0. The predicted molar refractivity (Wildman–Crippen MR) is 36.5 cm³/mol. The van der Waals surface area contributed by atoms with Gasteiger partial charge in [-0.3, -0.25) is 0 Å². The van der Waals surface area contributed by atoms with Crippen LogP contribution in [0.2, 0.25) is 0 Å². The predicted octanol–water partition coefficient (Wildman–Crippen LogP) is 0.288. The maximum absolute atomic E-state index is 5.03. The van der Waals surface area contributed by atoms with Gasteiger partial charge >= 0.3 is 59.1 Å². The van der Waals surface area contributed by atoms with E-state index in [0.717, 1.165) is 5.69 Å². The molecule has 0 saturated heterocycles. The van der Waals surface area contributed by atoms with Gasteiger partial charge in [-0.05, 0) is 0 Å². The number of hydrogen-bond donors (Lipinski definition) is 1. The Balaban J connectivity index is 2.54. The standard InChI is InChI=1S/C6H5NOSe/c1-2-4-6-5(3-1)7-8-9-6/h1-4,7H. The van der Waals surface area contributed by atoms with Crippen LogP contribution < -0.4 is 9.94 Å². The third kappa shape index (κ3) is 0.833. The molecule has 1 N–H and O–H groups in total. The molecule has 1 aliphatic heterocycles. The number of nitrogens with one attached hydrogen (secondary N) is 1. The number of benzene rings is 1. The molecule has 9 heavy (non-hydrogen) atoms. The molecule has 2 nitrogen and oxygen atoms in total. The summed E-state index contributed by atoms with van der Waals surface area (Å²) in [7, 11) is 0. The van der Waals surface area contributed by atoms with Gasteiger partial charge in [-0.25, -0.2) is 0 Å². The zero-order valence-electron chi connectivity index (χ0n) is 4.63. The van der Waals surface area contributed by atoms with E-state index in [0.29, 0.717) is 0 Å². The molecule has 0 saturated carbocycles. The van der Waals surface area contributed by atoms with E-state index in [2.05, 4.69) is 11.5 Å². The first kappa shape index (κ1) is 5.30. The van der Waals surface area contributed by atoms with E-state index < -0.39 is 0 Å². The summed E-state index contributed by atoms with van der Waals surface area (Å²) in [5, 5.41) is 0. The van der Waals surface area contributed by atoms with Crippen LogP contribution in [-0.4, -0.2) is 15.3 Å². The molecule has 0 atom stereocenters. The molecule has 2 rings (SSSR count). The molecule has 0 unspecified atom stereocenters. The number of rotatable bonds is 0. The Morgan fingerprint density at radius 3 is 3.11 bits per heavy atom. The van der Waals surface area contributed by atoms with E-state index in [9.17, 15) is 0 Å². The monoisotopic (exact) mass is 187 g/mol. The van der Waals surface area contributed by atoms with Gasteiger partial charge in [0.25, 0.3) is 0 Å². The Morgan fingerprint density at radius 2 is 2.22 bits per heavy atom. The molecule has 0 amide bonds. The zero-order valence-corrected chi connectivity index (χ0v) is 6.34. The maximum atomic E-state index is 5.03. The molecule has 0 fully saturated rings. The summed E-state index contributed by atoms with van der Waals surface area (Å²) in [6, 6.07) is 8.12. The minimum atomic E-state index is 0.191. The van der Waals surface area contributed by atoms with Crippen molar-refractivity contribution >= 4 is 25.4 Å². The second-order valence-electron chi connectivity index (χ2n) is 1.76. The van der Waals surface area contributed by atoms with Crippen LogP contribution in [0.3, 0.4) is 0 Å². The minimum absolute atomic E-state index is 0.191. The summed E-state index contributed by atoms with van der Waals surface area (Å²) in [6.07, 6.45) is 0. The molecule has 1 aromatic carbocycles. The molecule has 0 bridgehead atoms. The van der Waals surface area contributed by atoms with Gasteiger partial charge in [0.1, 0.15) is 0 Å². The van der Waals surface area contributed by atoms with E-state index in [-0.39, 0.29) is 15.3 Å². The molecule has 0 spiro atoms. The first-order valence-corrected chi connectivity index (χ1v) is 4.21. The van der Waals surface area contributed by atoms with Gasteiger partial charge in [0.15, 0.2) is 0 Å². The summed E-state index contributed by atoms with van der Waals surface area (Å²) in [5.41, 5.74) is 3.95. The Morgan fingerprint density at radius 1 is 1.33 bits per heavy atom. The molecule has 1 heterocycles. The Bertz CT molecular complexity index is 203. The van der Waals surface area contributed by atoms with Crippen molar-refractivity contribution in [1.29, 1.82) is 0 Å². The van der Waals surface area contributed by atoms with Crippen LogP contribution in [-0.2, 0) is 3.92 Å². The summed E-state index contributed by atoms with van der Waals surface area (Å²) in [5.74, 6) is 0. The average Bonchev–Trinajstić information content (AvgIpc) is 2.33. The third-order valence-corrected chi connectivity index (χ3v) is 2.64. The van der Waals surface area contributed by atoms with Crippen molar-refractivity contribution in [3.8, 4) is 0 Å². The number of fused-ring (bicyclic) bond motifs is 1. The van der Waals surface area contributed by atoms with E-state index in [4.69, 9.17) is 3.92 Å². The van der Waals surface area contributed by atoms with E-state index in [1.165, 1.54) is 4.46 Å². The number of hydrogen-bond acceptors (Lipinski definition) is 2. The van der Waals surface area contributed by atoms with Crippen LogP contribution in [0.5, 0.6) is 0 Å². The summed E-state index contributed by atoms with van der Waals surface area (Å²) in [6.45, 7) is 0. The van der Waals surface area contributed by atoms with Crippen LogP contribution in [0.4, 0.5) is 5.69 Å². The van der Waals surface area contributed by atoms with Gasteiger partial charge in [-0.2, -0.15) is 0 Å². The van der Waals surface area contributed by atoms with Crippen molar-refractivity contribution in [2.75, 3.05) is 5.48 Å². The molecule has 0 aromatic heterocycles. The van der Waals surface area contributed by atoms with E-state index in [1.54, 1.807) is 0 Å². The fourth-order valence-corrected chi connectivity index (χ4v) is 1.90. The molecule has 1 aromatic rings. The van der Waals surface area contributed by atoms with Gasteiger partial charge in [0.2, 0.25) is 0 Å². The van der Waals surface area contributed by atoms with E-state index >= 15 is 0 Å². The molecule has 3 heteroatoms. The molecule has 0 aliphatic carbocycles. The Kier molecular flexibility index (Phi) is 1.19. The average molecular weight is 186 g/mol. The van der Waals surface area contributed by atoms with Crippen LogP contribution >= 0.6 is 0 Å². The van der Waals surface area contributed by atoms with Gasteiger partial charge in [0.05, 0.1) is 0 Å². The number of anilines is 1. The van der Waals surface area contributed by atoms with Crippen LogP contribution in [0.15, 0.2) is 24.3 Å². The first-order valence-electron chi connectivity index (χ1n) is 2.65. The normalized spacial score (nSPS) is 14.7. The zero-order chi connectivity index (χ0) is 6.10. The topological polar surface area (TPSA) is 21.3 Å². The Labute approximate surface area is 59.7 Å². The quantitative estimate of drug-likeness (QED) is 0.588.